The molecule has 2 rings (SSSR count). The fourth-order valence-corrected chi connectivity index (χ4v) is 1.87. The van der Waals surface area contributed by atoms with Crippen molar-refractivity contribution in [2.45, 2.75) is 0 Å². The Morgan fingerprint density at radius 1 is 1.42 bits per heavy atom. The SMILES string of the molecule is CSC1=NCNc2ccccc21. The third-order valence-corrected chi connectivity index (χ3v) is 2.58. The molecule has 0 unspecified atom stereocenters. The van der Waals surface area contributed by atoms with E-state index in [1.165, 1.54) is 11.3 Å². The van der Waals surface area contributed by atoms with Crippen LogP contribution in [0.4, 0.5) is 5.69 Å². The number of hydrogen-bond acceptors (Lipinski definition) is 3. The maximum atomic E-state index is 4.36. The first-order valence-corrected chi connectivity index (χ1v) is 5.06. The lowest BCUT2D eigenvalue weighted by Crippen LogP contribution is -2.12. The van der Waals surface area contributed by atoms with Crippen LogP contribution in [-0.2, 0) is 0 Å². The molecule has 0 aliphatic carbocycles. The van der Waals surface area contributed by atoms with E-state index in [0.717, 1.165) is 5.04 Å². The van der Waals surface area contributed by atoms with Crippen LogP contribution in [-0.4, -0.2) is 18.0 Å². The minimum Gasteiger partial charge on any atom is -0.366 e. The number of nitrogens with zero attached hydrogens (tertiary/aromatic N) is 1. The van der Waals surface area contributed by atoms with Crippen LogP contribution in [0.5, 0.6) is 0 Å². The molecule has 12 heavy (non-hydrogen) atoms. The lowest BCUT2D eigenvalue weighted by molar-refractivity contribution is 1.12. The third-order valence-electron chi connectivity index (χ3n) is 1.84. The van der Waals surface area contributed by atoms with Gasteiger partial charge in [-0.2, -0.15) is 0 Å². The molecular weight excluding hydrogens is 168 g/mol. The van der Waals surface area contributed by atoms with E-state index in [0.29, 0.717) is 6.67 Å². The predicted molar refractivity (Wildman–Crippen MR) is 55.0 cm³/mol. The normalized spacial score (nSPS) is 14.6. The Morgan fingerprint density at radius 3 is 3.08 bits per heavy atom. The number of nitrogens with one attached hydrogen (secondary N) is 1. The molecule has 1 aliphatic rings. The smallest absolute Gasteiger partial charge is 0.109 e. The van der Waals surface area contributed by atoms with Crippen LogP contribution in [0, 0.1) is 0 Å². The molecule has 1 aliphatic heterocycles. The Labute approximate surface area is 76.1 Å². The summed E-state index contributed by atoms with van der Waals surface area (Å²) in [5.74, 6) is 0. The predicted octanol–water partition coefficient (Wildman–Crippen LogP) is 2.18. The number of fused-ring (bicyclic) bond motifs is 1. The molecule has 0 atom stereocenters. The molecule has 3 heteroatoms. The molecule has 0 spiro atoms. The van der Waals surface area contributed by atoms with Crippen LogP contribution in [0.25, 0.3) is 0 Å². The summed E-state index contributed by atoms with van der Waals surface area (Å²) < 4.78 is 0. The van der Waals surface area contributed by atoms with Crippen molar-refractivity contribution < 1.29 is 0 Å². The van der Waals surface area contributed by atoms with E-state index in [9.17, 15) is 0 Å². The number of aliphatic imine (C=N–C) groups is 1. The van der Waals surface area contributed by atoms with E-state index >= 15 is 0 Å². The highest BCUT2D eigenvalue weighted by atomic mass is 32.2. The number of anilines is 1. The monoisotopic (exact) mass is 178 g/mol. The standard InChI is InChI=1S/C9H10N2S/c1-12-9-7-4-2-3-5-8(7)10-6-11-9/h2-5,10H,6H2,1H3. The Balaban J connectivity index is 2.48. The number of hydrogen-bond donors (Lipinski definition) is 1. The van der Waals surface area contributed by atoms with Crippen LogP contribution in [0.2, 0.25) is 0 Å². The van der Waals surface area contributed by atoms with Gasteiger partial charge in [0.15, 0.2) is 0 Å². The second-order valence-corrected chi connectivity index (χ2v) is 3.34. The molecule has 0 bridgehead atoms. The molecule has 0 saturated heterocycles. The summed E-state index contributed by atoms with van der Waals surface area (Å²) in [6, 6.07) is 8.25. The van der Waals surface area contributed by atoms with Crippen LogP contribution in [0.1, 0.15) is 5.56 Å². The number of thioether (sulfide) groups is 1. The van der Waals surface area contributed by atoms with Gasteiger partial charge in [0.2, 0.25) is 0 Å². The van der Waals surface area contributed by atoms with Gasteiger partial charge in [-0.3, -0.25) is 4.99 Å². The zero-order valence-corrected chi connectivity index (χ0v) is 7.69. The van der Waals surface area contributed by atoms with Crippen molar-refractivity contribution in [1.29, 1.82) is 0 Å². The second kappa shape index (κ2) is 3.19. The van der Waals surface area contributed by atoms with Gasteiger partial charge >= 0.3 is 0 Å². The van der Waals surface area contributed by atoms with E-state index in [4.69, 9.17) is 0 Å². The van der Waals surface area contributed by atoms with Crippen LogP contribution in [0.15, 0.2) is 29.3 Å². The lowest BCUT2D eigenvalue weighted by atomic mass is 10.2. The molecule has 0 radical (unpaired) electrons. The Morgan fingerprint density at radius 2 is 2.25 bits per heavy atom. The van der Waals surface area contributed by atoms with E-state index < -0.39 is 0 Å². The fourth-order valence-electron chi connectivity index (χ4n) is 1.28. The minimum atomic E-state index is 0.702. The molecule has 2 nitrogen and oxygen atoms in total. The van der Waals surface area contributed by atoms with Crippen molar-refractivity contribution in [2.24, 2.45) is 4.99 Å². The van der Waals surface area contributed by atoms with Gasteiger partial charge in [0.1, 0.15) is 11.7 Å². The largest absolute Gasteiger partial charge is 0.366 e. The van der Waals surface area contributed by atoms with Crippen LogP contribution >= 0.6 is 11.8 Å². The van der Waals surface area contributed by atoms with Gasteiger partial charge in [0.05, 0.1) is 0 Å². The van der Waals surface area contributed by atoms with E-state index in [-0.39, 0.29) is 0 Å². The highest BCUT2D eigenvalue weighted by Crippen LogP contribution is 2.23. The minimum absolute atomic E-state index is 0.702. The topological polar surface area (TPSA) is 24.4 Å². The van der Waals surface area contributed by atoms with Gasteiger partial charge in [-0.25, -0.2) is 0 Å². The van der Waals surface area contributed by atoms with E-state index in [1.54, 1.807) is 11.8 Å². The molecule has 0 saturated carbocycles. The zero-order valence-electron chi connectivity index (χ0n) is 6.87. The summed E-state index contributed by atoms with van der Waals surface area (Å²) in [6.45, 7) is 0.702. The average Bonchev–Trinajstić information content (AvgIpc) is 2.17. The molecule has 0 amide bonds. The molecule has 0 aromatic heterocycles. The van der Waals surface area contributed by atoms with Gasteiger partial charge in [-0.05, 0) is 12.3 Å². The van der Waals surface area contributed by atoms with Gasteiger partial charge in [-0.15, -0.1) is 11.8 Å². The van der Waals surface area contributed by atoms with E-state index in [2.05, 4.69) is 28.7 Å². The van der Waals surface area contributed by atoms with Gasteiger partial charge in [0.25, 0.3) is 0 Å². The average molecular weight is 178 g/mol. The summed E-state index contributed by atoms with van der Waals surface area (Å²) in [6.07, 6.45) is 2.06. The van der Waals surface area contributed by atoms with Crippen molar-refractivity contribution in [1.82, 2.24) is 0 Å². The van der Waals surface area contributed by atoms with Crippen molar-refractivity contribution >= 4 is 22.5 Å². The molecular formula is C9H10N2S. The second-order valence-electron chi connectivity index (χ2n) is 2.55. The van der Waals surface area contributed by atoms with Crippen molar-refractivity contribution in [2.75, 3.05) is 18.2 Å². The first kappa shape index (κ1) is 7.68. The summed E-state index contributed by atoms with van der Waals surface area (Å²) in [7, 11) is 0. The van der Waals surface area contributed by atoms with Crippen molar-refractivity contribution in [3.63, 3.8) is 0 Å². The number of benzene rings is 1. The molecule has 1 aromatic carbocycles. The quantitative estimate of drug-likeness (QED) is 0.658. The van der Waals surface area contributed by atoms with Crippen molar-refractivity contribution in [3.05, 3.63) is 29.8 Å². The molecule has 62 valence electrons. The summed E-state index contributed by atoms with van der Waals surface area (Å²) >= 11 is 1.70. The first-order chi connectivity index (χ1) is 5.92. The first-order valence-electron chi connectivity index (χ1n) is 3.83. The Kier molecular flexibility index (Phi) is 2.04. The van der Waals surface area contributed by atoms with Gasteiger partial charge in [0, 0.05) is 11.3 Å². The van der Waals surface area contributed by atoms with E-state index in [1.807, 2.05) is 12.1 Å². The highest BCUT2D eigenvalue weighted by Gasteiger charge is 2.10. The maximum absolute atomic E-state index is 4.36. The Hall–Kier alpha value is -0.960. The summed E-state index contributed by atoms with van der Waals surface area (Å²) in [5, 5.41) is 4.36. The molecule has 1 N–H and O–H groups in total. The van der Waals surface area contributed by atoms with Crippen LogP contribution < -0.4 is 5.32 Å². The zero-order chi connectivity index (χ0) is 8.39. The fraction of sp³-hybridized carbons (Fsp3) is 0.222. The molecule has 1 aromatic rings. The van der Waals surface area contributed by atoms with Crippen molar-refractivity contribution in [3.8, 4) is 0 Å². The van der Waals surface area contributed by atoms with Gasteiger partial charge in [-0.1, -0.05) is 18.2 Å². The lowest BCUT2D eigenvalue weighted by Gasteiger charge is -2.16. The number of rotatable bonds is 0. The third kappa shape index (κ3) is 1.20. The number of para-hydroxylation sites is 1. The summed E-state index contributed by atoms with van der Waals surface area (Å²) in [5.41, 5.74) is 2.41. The van der Waals surface area contributed by atoms with Crippen LogP contribution in [0.3, 0.4) is 0 Å². The maximum Gasteiger partial charge on any atom is 0.109 e. The summed E-state index contributed by atoms with van der Waals surface area (Å²) in [4.78, 5) is 4.36. The Bertz CT molecular complexity index is 320. The van der Waals surface area contributed by atoms with Gasteiger partial charge < -0.3 is 5.32 Å². The molecule has 1 heterocycles. The highest BCUT2D eigenvalue weighted by molar-refractivity contribution is 8.13. The molecule has 0 fully saturated rings.